The Balaban J connectivity index is 2.20. The first-order chi connectivity index (χ1) is 7.63. The summed E-state index contributed by atoms with van der Waals surface area (Å²) < 4.78 is 0. The van der Waals surface area contributed by atoms with E-state index in [0.717, 1.165) is 0 Å². The van der Waals surface area contributed by atoms with E-state index in [9.17, 15) is 4.79 Å². The van der Waals surface area contributed by atoms with Gasteiger partial charge in [0.1, 0.15) is 0 Å². The van der Waals surface area contributed by atoms with Crippen LogP contribution >= 0.6 is 0 Å². The molecule has 0 aromatic carbocycles. The summed E-state index contributed by atoms with van der Waals surface area (Å²) in [7, 11) is 1.76. The van der Waals surface area contributed by atoms with Crippen LogP contribution in [0, 0.1) is 17.2 Å². The molecule has 0 spiro atoms. The largest absolute Gasteiger partial charge is 0.343 e. The number of hydrogen-bond donors (Lipinski definition) is 1. The van der Waals surface area contributed by atoms with E-state index in [4.69, 9.17) is 5.26 Å². The molecule has 0 aromatic rings. The molecule has 1 fully saturated rings. The second kappa shape index (κ2) is 6.49. The Morgan fingerprint density at radius 1 is 1.56 bits per heavy atom. The second-order valence-electron chi connectivity index (χ2n) is 4.67. The molecular weight excluding hydrogens is 202 g/mol. The fraction of sp³-hybridized carbons (Fsp3) is 0.833. The number of nitrogens with one attached hydrogen (secondary N) is 1. The third-order valence-corrected chi connectivity index (χ3v) is 3.09. The fourth-order valence-corrected chi connectivity index (χ4v) is 2.05. The molecule has 0 aliphatic heterocycles. The Labute approximate surface area is 97.6 Å². The third-order valence-electron chi connectivity index (χ3n) is 3.09. The lowest BCUT2D eigenvalue weighted by atomic mass is 10.2. The van der Waals surface area contributed by atoms with E-state index in [1.54, 1.807) is 11.9 Å². The van der Waals surface area contributed by atoms with Crippen molar-refractivity contribution in [1.82, 2.24) is 10.2 Å². The summed E-state index contributed by atoms with van der Waals surface area (Å²) in [5, 5.41) is 11.9. The van der Waals surface area contributed by atoms with Crippen molar-refractivity contribution in [2.24, 2.45) is 5.92 Å². The van der Waals surface area contributed by atoms with E-state index in [1.807, 2.05) is 6.92 Å². The predicted octanol–water partition coefficient (Wildman–Crippen LogP) is 1.14. The van der Waals surface area contributed by atoms with Crippen molar-refractivity contribution in [2.75, 3.05) is 20.1 Å². The van der Waals surface area contributed by atoms with Crippen LogP contribution < -0.4 is 5.32 Å². The topological polar surface area (TPSA) is 56.1 Å². The summed E-state index contributed by atoms with van der Waals surface area (Å²) in [6.45, 7) is 2.75. The molecule has 0 radical (unpaired) electrons. The van der Waals surface area contributed by atoms with Crippen LogP contribution in [0.4, 0.5) is 0 Å². The number of rotatable bonds is 5. The quantitative estimate of drug-likeness (QED) is 0.760. The molecule has 1 N–H and O–H groups in total. The number of amides is 1. The van der Waals surface area contributed by atoms with Crippen molar-refractivity contribution in [2.45, 2.75) is 38.6 Å². The van der Waals surface area contributed by atoms with Crippen molar-refractivity contribution in [3.05, 3.63) is 0 Å². The zero-order valence-electron chi connectivity index (χ0n) is 10.2. The molecule has 1 rings (SSSR count). The molecule has 0 bridgehead atoms. The van der Waals surface area contributed by atoms with E-state index in [-0.39, 0.29) is 11.8 Å². The first kappa shape index (κ1) is 13.0. The highest BCUT2D eigenvalue weighted by molar-refractivity contribution is 5.78. The van der Waals surface area contributed by atoms with Crippen molar-refractivity contribution < 1.29 is 4.79 Å². The zero-order valence-corrected chi connectivity index (χ0v) is 10.2. The maximum absolute atomic E-state index is 11.7. The van der Waals surface area contributed by atoms with E-state index in [2.05, 4.69) is 11.4 Å². The molecule has 1 amide bonds. The molecule has 90 valence electrons. The van der Waals surface area contributed by atoms with Gasteiger partial charge < -0.3 is 10.2 Å². The summed E-state index contributed by atoms with van der Waals surface area (Å²) in [6, 6.07) is 2.65. The van der Waals surface area contributed by atoms with E-state index in [0.29, 0.717) is 19.1 Å². The number of likely N-dealkylation sites (N-methyl/N-ethyl adjacent to an activating group) is 1. The van der Waals surface area contributed by atoms with E-state index < -0.39 is 0 Å². The van der Waals surface area contributed by atoms with E-state index in [1.165, 1.54) is 25.7 Å². The van der Waals surface area contributed by atoms with Crippen LogP contribution in [0.25, 0.3) is 0 Å². The van der Waals surface area contributed by atoms with Gasteiger partial charge in [-0.25, -0.2) is 0 Å². The number of hydrogen-bond acceptors (Lipinski definition) is 3. The van der Waals surface area contributed by atoms with Crippen LogP contribution in [-0.2, 0) is 4.79 Å². The molecular formula is C12H21N3O. The van der Waals surface area contributed by atoms with Crippen molar-refractivity contribution in [3.8, 4) is 6.07 Å². The van der Waals surface area contributed by atoms with Crippen molar-refractivity contribution >= 4 is 5.91 Å². The Morgan fingerprint density at radius 3 is 2.75 bits per heavy atom. The summed E-state index contributed by atoms with van der Waals surface area (Å²) in [4.78, 5) is 13.3. The Bertz CT molecular complexity index is 266. The monoisotopic (exact) mass is 223 g/mol. The minimum Gasteiger partial charge on any atom is -0.343 e. The van der Waals surface area contributed by atoms with Crippen LogP contribution in [0.2, 0.25) is 0 Å². The normalized spacial score (nSPS) is 18.1. The highest BCUT2D eigenvalue weighted by atomic mass is 16.2. The van der Waals surface area contributed by atoms with Gasteiger partial charge in [0, 0.05) is 19.6 Å². The van der Waals surface area contributed by atoms with Gasteiger partial charge in [-0.05, 0) is 19.8 Å². The maximum atomic E-state index is 11.7. The van der Waals surface area contributed by atoms with Gasteiger partial charge in [-0.15, -0.1) is 0 Å². The van der Waals surface area contributed by atoms with Crippen LogP contribution in [0.15, 0.2) is 0 Å². The van der Waals surface area contributed by atoms with Crippen molar-refractivity contribution in [3.63, 3.8) is 0 Å². The molecule has 0 heterocycles. The molecule has 0 aromatic heterocycles. The Hall–Kier alpha value is -1.08. The van der Waals surface area contributed by atoms with Gasteiger partial charge in [0.15, 0.2) is 0 Å². The molecule has 16 heavy (non-hydrogen) atoms. The van der Waals surface area contributed by atoms with Crippen LogP contribution in [0.1, 0.15) is 32.6 Å². The molecule has 1 unspecified atom stereocenters. The number of carbonyl (C=O) groups is 1. The number of nitriles is 1. The second-order valence-corrected chi connectivity index (χ2v) is 4.67. The number of nitrogens with zero attached hydrogens (tertiary/aromatic N) is 2. The first-order valence-electron chi connectivity index (χ1n) is 6.00. The van der Waals surface area contributed by atoms with Gasteiger partial charge in [0.2, 0.25) is 5.91 Å². The highest BCUT2D eigenvalue weighted by Gasteiger charge is 2.17. The lowest BCUT2D eigenvalue weighted by Gasteiger charge is -2.20. The van der Waals surface area contributed by atoms with Crippen LogP contribution in [0.3, 0.4) is 0 Å². The molecule has 1 aliphatic rings. The predicted molar refractivity (Wildman–Crippen MR) is 62.7 cm³/mol. The minimum atomic E-state index is -0.0968. The average Bonchev–Trinajstić information content (AvgIpc) is 2.78. The maximum Gasteiger partial charge on any atom is 0.236 e. The summed E-state index contributed by atoms with van der Waals surface area (Å²) >= 11 is 0. The molecule has 1 saturated carbocycles. The average molecular weight is 223 g/mol. The molecule has 4 nitrogen and oxygen atoms in total. The minimum absolute atomic E-state index is 0.0778. The summed E-state index contributed by atoms with van der Waals surface area (Å²) in [6.07, 6.45) is 4.91. The third kappa shape index (κ3) is 4.19. The first-order valence-corrected chi connectivity index (χ1v) is 6.00. The van der Waals surface area contributed by atoms with Gasteiger partial charge in [0.05, 0.1) is 18.5 Å². The van der Waals surface area contributed by atoms with Gasteiger partial charge in [0.25, 0.3) is 0 Å². The highest BCUT2D eigenvalue weighted by Crippen LogP contribution is 2.17. The Morgan fingerprint density at radius 2 is 2.19 bits per heavy atom. The number of carbonyl (C=O) groups excluding carboxylic acids is 1. The lowest BCUT2D eigenvalue weighted by Crippen LogP contribution is -2.40. The van der Waals surface area contributed by atoms with Crippen LogP contribution in [0.5, 0.6) is 0 Å². The standard InChI is InChI=1S/C12H21N3O/c1-10(7-13)9-15(2)12(16)8-14-11-5-3-4-6-11/h10-11,14H,3-6,8-9H2,1-2H3. The molecule has 0 saturated heterocycles. The molecule has 1 aliphatic carbocycles. The van der Waals surface area contributed by atoms with E-state index >= 15 is 0 Å². The lowest BCUT2D eigenvalue weighted by molar-refractivity contribution is -0.129. The van der Waals surface area contributed by atoms with Crippen molar-refractivity contribution in [1.29, 1.82) is 5.26 Å². The Kier molecular flexibility index (Phi) is 5.27. The SMILES string of the molecule is CC(C#N)CN(C)C(=O)CNC1CCCC1. The fourth-order valence-electron chi connectivity index (χ4n) is 2.05. The van der Waals surface area contributed by atoms with Gasteiger partial charge in [-0.3, -0.25) is 4.79 Å². The van der Waals surface area contributed by atoms with Gasteiger partial charge in [-0.2, -0.15) is 5.26 Å². The van der Waals surface area contributed by atoms with Gasteiger partial charge in [-0.1, -0.05) is 12.8 Å². The van der Waals surface area contributed by atoms with Crippen LogP contribution in [-0.4, -0.2) is 37.0 Å². The summed E-state index contributed by atoms with van der Waals surface area (Å²) in [5.41, 5.74) is 0. The van der Waals surface area contributed by atoms with Gasteiger partial charge >= 0.3 is 0 Å². The molecule has 4 heteroatoms. The smallest absolute Gasteiger partial charge is 0.236 e. The zero-order chi connectivity index (χ0) is 12.0. The molecule has 1 atom stereocenters. The summed E-state index contributed by atoms with van der Waals surface area (Å²) in [5.74, 6) is -0.0190.